The number of fused-ring (bicyclic) bond motifs is 3. The maximum absolute atomic E-state index is 13.8. The largest absolute Gasteiger partial charge is 0.497 e. The molecule has 7 nitrogen and oxygen atoms in total. The van der Waals surface area contributed by atoms with Crippen LogP contribution in [-0.4, -0.2) is 30.6 Å². The lowest BCUT2D eigenvalue weighted by Gasteiger charge is -2.21. The number of rotatable bonds is 7. The van der Waals surface area contributed by atoms with Gasteiger partial charge in [-0.25, -0.2) is 12.4 Å². The van der Waals surface area contributed by atoms with Crippen molar-refractivity contribution >= 4 is 26.9 Å². The van der Waals surface area contributed by atoms with E-state index in [0.29, 0.717) is 47.5 Å². The molecule has 0 fully saturated rings. The van der Waals surface area contributed by atoms with Gasteiger partial charge in [0.2, 0.25) is 0 Å². The number of hydrogen-bond acceptors (Lipinski definition) is 5. The lowest BCUT2D eigenvalue weighted by atomic mass is 9.86. The van der Waals surface area contributed by atoms with Crippen LogP contribution in [0.15, 0.2) is 77.7 Å². The van der Waals surface area contributed by atoms with Gasteiger partial charge in [0.15, 0.2) is 0 Å². The normalized spacial score (nSPS) is 15.5. The molecule has 1 unspecified atom stereocenters. The van der Waals surface area contributed by atoms with Crippen LogP contribution in [0.3, 0.4) is 0 Å². The number of carboxylic acids is 1. The number of carbonyl (C=O) groups is 1. The molecule has 0 saturated heterocycles. The van der Waals surface area contributed by atoms with E-state index in [9.17, 15) is 18.3 Å². The Balaban J connectivity index is 1.61. The van der Waals surface area contributed by atoms with Crippen LogP contribution in [0.1, 0.15) is 23.2 Å². The molecule has 4 aromatic rings. The van der Waals surface area contributed by atoms with Crippen LogP contribution in [0.25, 0.3) is 10.9 Å². The van der Waals surface area contributed by atoms with Crippen LogP contribution in [-0.2, 0) is 34.3 Å². The Morgan fingerprint density at radius 2 is 1.74 bits per heavy atom. The van der Waals surface area contributed by atoms with Crippen molar-refractivity contribution in [3.05, 3.63) is 89.6 Å². The first-order valence-electron chi connectivity index (χ1n) is 11.3. The molecule has 0 amide bonds. The van der Waals surface area contributed by atoms with Gasteiger partial charge in [-0.1, -0.05) is 30.3 Å². The highest BCUT2D eigenvalue weighted by Crippen LogP contribution is 2.38. The zero-order valence-electron chi connectivity index (χ0n) is 19.2. The summed E-state index contributed by atoms with van der Waals surface area (Å²) >= 11 is 0. The smallest absolute Gasteiger partial charge is 0.306 e. The van der Waals surface area contributed by atoms with Gasteiger partial charge in [0.1, 0.15) is 18.1 Å². The average molecular weight is 492 g/mol. The van der Waals surface area contributed by atoms with Crippen LogP contribution < -0.4 is 9.47 Å². The molecule has 180 valence electrons. The van der Waals surface area contributed by atoms with E-state index in [1.165, 1.54) is 23.2 Å². The number of methoxy groups -OCH3 is 1. The molecule has 1 heterocycles. The molecule has 0 aliphatic heterocycles. The van der Waals surface area contributed by atoms with Crippen molar-refractivity contribution in [2.45, 2.75) is 30.8 Å². The molecule has 3 aromatic carbocycles. The SMILES string of the molecule is COc1ccc(S(=O)(=O)n2c3c(c4cc(OCc5ccccc5)ccc42)CC(C(=O)O)CC3)cc1. The third-order valence-corrected chi connectivity index (χ3v) is 8.25. The zero-order valence-corrected chi connectivity index (χ0v) is 20.0. The summed E-state index contributed by atoms with van der Waals surface area (Å²) in [6, 6.07) is 21.3. The summed E-state index contributed by atoms with van der Waals surface area (Å²) < 4.78 is 40.1. The molecule has 0 spiro atoms. The number of carboxylic acid groups (broad SMARTS) is 1. The summed E-state index contributed by atoms with van der Waals surface area (Å²) in [4.78, 5) is 11.9. The maximum Gasteiger partial charge on any atom is 0.306 e. The predicted octanol–water partition coefficient (Wildman–Crippen LogP) is 4.66. The second-order valence-electron chi connectivity index (χ2n) is 8.60. The third-order valence-electron chi connectivity index (χ3n) is 6.48. The van der Waals surface area contributed by atoms with Gasteiger partial charge in [-0.05, 0) is 72.9 Å². The van der Waals surface area contributed by atoms with Crippen LogP contribution in [0.2, 0.25) is 0 Å². The average Bonchev–Trinajstić information content (AvgIpc) is 3.22. The standard InChI is InChI=1S/C27H25NO6S/c1-33-20-8-11-22(12-9-20)35(31,32)28-25-13-7-19(27(29)30)15-23(25)24-16-21(10-14-26(24)28)34-17-18-5-3-2-4-6-18/h2-6,8-12,14,16,19H,7,13,15,17H2,1H3,(H,29,30). The Morgan fingerprint density at radius 3 is 2.43 bits per heavy atom. The highest BCUT2D eigenvalue weighted by molar-refractivity contribution is 7.90. The molecule has 1 aliphatic carbocycles. The highest BCUT2D eigenvalue weighted by atomic mass is 32.2. The first-order valence-corrected chi connectivity index (χ1v) is 12.8. The summed E-state index contributed by atoms with van der Waals surface area (Å²) in [6.07, 6.45) is 1.01. The Labute approximate surface area is 203 Å². The van der Waals surface area contributed by atoms with Crippen molar-refractivity contribution < 1.29 is 27.8 Å². The molecular formula is C27H25NO6S. The predicted molar refractivity (Wildman–Crippen MR) is 131 cm³/mol. The maximum atomic E-state index is 13.8. The summed E-state index contributed by atoms with van der Waals surface area (Å²) in [5.74, 6) is -0.265. The van der Waals surface area contributed by atoms with E-state index in [1.807, 2.05) is 36.4 Å². The molecule has 0 saturated carbocycles. The number of benzene rings is 3. The summed E-state index contributed by atoms with van der Waals surface area (Å²) in [5, 5.41) is 10.3. The van der Waals surface area contributed by atoms with E-state index >= 15 is 0 Å². The second-order valence-corrected chi connectivity index (χ2v) is 10.4. The van der Waals surface area contributed by atoms with Crippen molar-refractivity contribution in [1.82, 2.24) is 3.97 Å². The first kappa shape index (κ1) is 23.0. The Kier molecular flexibility index (Phi) is 5.98. The van der Waals surface area contributed by atoms with Gasteiger partial charge in [-0.2, -0.15) is 0 Å². The number of aliphatic carboxylic acids is 1. The van der Waals surface area contributed by atoms with Crippen molar-refractivity contribution in [3.8, 4) is 11.5 Å². The first-order chi connectivity index (χ1) is 16.9. The molecule has 5 rings (SSSR count). The van der Waals surface area contributed by atoms with Gasteiger partial charge in [0, 0.05) is 11.1 Å². The Hall–Kier alpha value is -3.78. The highest BCUT2D eigenvalue weighted by Gasteiger charge is 2.33. The fourth-order valence-electron chi connectivity index (χ4n) is 4.67. The van der Waals surface area contributed by atoms with Gasteiger partial charge in [0.05, 0.1) is 23.4 Å². The quantitative estimate of drug-likeness (QED) is 0.404. The Bertz CT molecular complexity index is 1490. The van der Waals surface area contributed by atoms with E-state index in [0.717, 1.165) is 11.1 Å². The molecule has 1 aromatic heterocycles. The van der Waals surface area contributed by atoms with E-state index in [-0.39, 0.29) is 11.3 Å². The Morgan fingerprint density at radius 1 is 1.03 bits per heavy atom. The molecule has 8 heteroatoms. The van der Waals surface area contributed by atoms with Crippen molar-refractivity contribution in [2.75, 3.05) is 7.11 Å². The lowest BCUT2D eigenvalue weighted by molar-refractivity contribution is -0.142. The zero-order chi connectivity index (χ0) is 24.6. The van der Waals surface area contributed by atoms with Gasteiger partial charge in [0.25, 0.3) is 10.0 Å². The molecule has 1 aliphatic rings. The van der Waals surface area contributed by atoms with Crippen LogP contribution >= 0.6 is 0 Å². The minimum atomic E-state index is -3.92. The number of hydrogen-bond donors (Lipinski definition) is 1. The third kappa shape index (κ3) is 4.25. The van der Waals surface area contributed by atoms with Crippen LogP contribution in [0.4, 0.5) is 0 Å². The van der Waals surface area contributed by atoms with Crippen molar-refractivity contribution in [1.29, 1.82) is 0 Å². The molecule has 0 bridgehead atoms. The summed E-state index contributed by atoms with van der Waals surface area (Å²) in [7, 11) is -2.40. The minimum Gasteiger partial charge on any atom is -0.497 e. The lowest BCUT2D eigenvalue weighted by Crippen LogP contribution is -2.24. The van der Waals surface area contributed by atoms with E-state index in [2.05, 4.69) is 0 Å². The monoisotopic (exact) mass is 491 g/mol. The number of aromatic nitrogens is 1. The summed E-state index contributed by atoms with van der Waals surface area (Å²) in [5.41, 5.74) is 2.92. The summed E-state index contributed by atoms with van der Waals surface area (Å²) in [6.45, 7) is 0.372. The van der Waals surface area contributed by atoms with Crippen LogP contribution in [0.5, 0.6) is 11.5 Å². The fraction of sp³-hybridized carbons (Fsp3) is 0.222. The van der Waals surface area contributed by atoms with E-state index < -0.39 is 21.9 Å². The van der Waals surface area contributed by atoms with Gasteiger partial charge in [-0.3, -0.25) is 4.79 Å². The van der Waals surface area contributed by atoms with Crippen LogP contribution in [0, 0.1) is 5.92 Å². The van der Waals surface area contributed by atoms with Gasteiger partial charge < -0.3 is 14.6 Å². The molecular weight excluding hydrogens is 466 g/mol. The molecule has 35 heavy (non-hydrogen) atoms. The number of nitrogens with zero attached hydrogens (tertiary/aromatic N) is 1. The van der Waals surface area contributed by atoms with E-state index in [4.69, 9.17) is 9.47 Å². The number of ether oxygens (including phenoxy) is 2. The van der Waals surface area contributed by atoms with Gasteiger partial charge in [-0.15, -0.1) is 0 Å². The topological polar surface area (TPSA) is 94.8 Å². The fourth-order valence-corrected chi connectivity index (χ4v) is 6.27. The molecule has 1 atom stereocenters. The van der Waals surface area contributed by atoms with Gasteiger partial charge >= 0.3 is 5.97 Å². The van der Waals surface area contributed by atoms with E-state index in [1.54, 1.807) is 24.3 Å². The minimum absolute atomic E-state index is 0.141. The van der Waals surface area contributed by atoms with Crippen molar-refractivity contribution in [3.63, 3.8) is 0 Å². The molecule has 1 N–H and O–H groups in total. The van der Waals surface area contributed by atoms with Crippen molar-refractivity contribution in [2.24, 2.45) is 5.92 Å². The second kappa shape index (κ2) is 9.11. The molecule has 0 radical (unpaired) electrons.